The van der Waals surface area contributed by atoms with E-state index in [1.165, 1.54) is 0 Å². The normalized spacial score (nSPS) is 19.6. The molecule has 1 aliphatic heterocycles. The Kier molecular flexibility index (Phi) is 4.36. The summed E-state index contributed by atoms with van der Waals surface area (Å²) in [7, 11) is 0. The van der Waals surface area contributed by atoms with Gasteiger partial charge in [-0.25, -0.2) is 0 Å². The molecule has 0 bridgehead atoms. The molecule has 0 aromatic heterocycles. The first-order valence-corrected chi connectivity index (χ1v) is 9.39. The van der Waals surface area contributed by atoms with E-state index in [9.17, 15) is 4.79 Å². The van der Waals surface area contributed by atoms with Gasteiger partial charge in [0.2, 0.25) is 6.10 Å². The lowest BCUT2D eigenvalue weighted by atomic mass is 10.1. The van der Waals surface area contributed by atoms with E-state index < -0.39 is 10.3 Å². The predicted molar refractivity (Wildman–Crippen MR) is 94.5 cm³/mol. The van der Waals surface area contributed by atoms with Crippen molar-refractivity contribution in [2.75, 3.05) is 17.4 Å². The molecule has 3 rings (SSSR count). The summed E-state index contributed by atoms with van der Waals surface area (Å²) >= 11 is 3.27. The van der Waals surface area contributed by atoms with Crippen LogP contribution < -0.4 is 9.64 Å². The van der Waals surface area contributed by atoms with E-state index in [4.69, 9.17) is 4.74 Å². The number of carbonyl (C=O) groups excluding carboxylic acids is 1. The van der Waals surface area contributed by atoms with Gasteiger partial charge >= 0.3 is 0 Å². The minimum absolute atomic E-state index is 0.00115. The molecule has 1 unspecified atom stereocenters. The molecule has 22 heavy (non-hydrogen) atoms. The van der Waals surface area contributed by atoms with Crippen LogP contribution in [0.25, 0.3) is 0 Å². The largest absolute Gasteiger partial charge is 0.476 e. The molecular formula is C17H17NO2S2. The van der Waals surface area contributed by atoms with E-state index >= 15 is 0 Å². The molecule has 2 aromatic carbocycles. The maximum atomic E-state index is 12.7. The third-order valence-electron chi connectivity index (χ3n) is 3.68. The van der Waals surface area contributed by atoms with Crippen LogP contribution in [-0.2, 0) is 4.79 Å². The molecule has 0 radical (unpaired) electrons. The van der Waals surface area contributed by atoms with Gasteiger partial charge in [-0.05, 0) is 36.8 Å². The number of amides is 1. The van der Waals surface area contributed by atoms with Crippen molar-refractivity contribution in [2.45, 2.75) is 10.3 Å². The third-order valence-corrected chi connectivity index (χ3v) is 6.65. The smallest absolute Gasteiger partial charge is 0.274 e. The fourth-order valence-corrected chi connectivity index (χ4v) is 4.75. The number of β-lactam (4-membered cyclic amide) rings is 1. The lowest BCUT2D eigenvalue weighted by Gasteiger charge is -2.54. The fraction of sp³-hybridized carbons (Fsp3) is 0.235. The first-order chi connectivity index (χ1) is 10.7. The van der Waals surface area contributed by atoms with Gasteiger partial charge in [-0.1, -0.05) is 36.4 Å². The zero-order chi connectivity index (χ0) is 15.6. The summed E-state index contributed by atoms with van der Waals surface area (Å²) in [6.07, 6.45) is 3.54. The minimum atomic E-state index is -0.486. The lowest BCUT2D eigenvalue weighted by Crippen LogP contribution is -2.73. The molecule has 1 saturated heterocycles. The molecule has 1 fully saturated rings. The second kappa shape index (κ2) is 6.26. The molecule has 2 aromatic rings. The summed E-state index contributed by atoms with van der Waals surface area (Å²) in [5.74, 6) is 0.722. The summed E-state index contributed by atoms with van der Waals surface area (Å²) in [5.41, 5.74) is 0.907. The highest BCUT2D eigenvalue weighted by atomic mass is 32.2. The van der Waals surface area contributed by atoms with Crippen LogP contribution in [0.5, 0.6) is 5.75 Å². The second-order valence-corrected chi connectivity index (χ2v) is 7.18. The van der Waals surface area contributed by atoms with Crippen LogP contribution in [0, 0.1) is 0 Å². The minimum Gasteiger partial charge on any atom is -0.476 e. The van der Waals surface area contributed by atoms with E-state index in [1.54, 1.807) is 23.5 Å². The number of benzene rings is 2. The van der Waals surface area contributed by atoms with Crippen molar-refractivity contribution in [2.24, 2.45) is 0 Å². The topological polar surface area (TPSA) is 29.5 Å². The van der Waals surface area contributed by atoms with Gasteiger partial charge in [-0.15, -0.1) is 23.5 Å². The zero-order valence-electron chi connectivity index (χ0n) is 12.4. The number of nitrogens with zero attached hydrogens (tertiary/aromatic N) is 1. The number of hydrogen-bond donors (Lipinski definition) is 0. The Morgan fingerprint density at radius 2 is 1.50 bits per heavy atom. The Balaban J connectivity index is 1.91. The van der Waals surface area contributed by atoms with E-state index in [0.717, 1.165) is 11.4 Å². The van der Waals surface area contributed by atoms with Crippen LogP contribution in [0.4, 0.5) is 5.69 Å². The van der Waals surface area contributed by atoms with E-state index in [-0.39, 0.29) is 5.91 Å². The van der Waals surface area contributed by atoms with Gasteiger partial charge in [0, 0.05) is 5.69 Å². The number of anilines is 1. The summed E-state index contributed by atoms with van der Waals surface area (Å²) < 4.78 is 5.54. The SMILES string of the molecule is CSC1(SC)C(Oc2ccccc2)C(=O)N1c1ccccc1. The van der Waals surface area contributed by atoms with Crippen molar-refractivity contribution in [3.05, 3.63) is 60.7 Å². The Hall–Kier alpha value is -1.59. The van der Waals surface area contributed by atoms with Crippen LogP contribution in [0.1, 0.15) is 0 Å². The molecule has 114 valence electrons. The van der Waals surface area contributed by atoms with Gasteiger partial charge < -0.3 is 4.74 Å². The zero-order valence-corrected chi connectivity index (χ0v) is 14.1. The van der Waals surface area contributed by atoms with Crippen LogP contribution in [0.15, 0.2) is 60.7 Å². The van der Waals surface area contributed by atoms with Crippen LogP contribution >= 0.6 is 23.5 Å². The number of para-hydroxylation sites is 2. The van der Waals surface area contributed by atoms with Gasteiger partial charge in [0.15, 0.2) is 4.20 Å². The Bertz CT molecular complexity index is 644. The molecule has 1 atom stereocenters. The van der Waals surface area contributed by atoms with Crippen LogP contribution in [-0.4, -0.2) is 28.7 Å². The number of ether oxygens (including phenoxy) is 1. The fourth-order valence-electron chi connectivity index (χ4n) is 2.60. The molecule has 1 heterocycles. The van der Waals surface area contributed by atoms with Crippen molar-refractivity contribution in [3.63, 3.8) is 0 Å². The Morgan fingerprint density at radius 3 is 2.05 bits per heavy atom. The quantitative estimate of drug-likeness (QED) is 0.615. The van der Waals surface area contributed by atoms with Gasteiger partial charge in [0.1, 0.15) is 5.75 Å². The average Bonchev–Trinajstić information content (AvgIpc) is 2.59. The molecular weight excluding hydrogens is 314 g/mol. The Labute approximate surface area is 139 Å². The molecule has 0 aliphatic carbocycles. The molecule has 3 nitrogen and oxygen atoms in total. The highest BCUT2D eigenvalue weighted by Gasteiger charge is 2.62. The monoisotopic (exact) mass is 331 g/mol. The van der Waals surface area contributed by atoms with Crippen molar-refractivity contribution in [1.82, 2.24) is 0 Å². The maximum Gasteiger partial charge on any atom is 0.274 e. The molecule has 0 spiro atoms. The number of carbonyl (C=O) groups is 1. The molecule has 1 aliphatic rings. The highest BCUT2D eigenvalue weighted by molar-refractivity contribution is 8.18. The summed E-state index contributed by atoms with van der Waals surface area (Å²) in [5, 5.41) is 0. The maximum absolute atomic E-state index is 12.7. The first-order valence-electron chi connectivity index (χ1n) is 6.94. The van der Waals surface area contributed by atoms with Gasteiger partial charge in [0.25, 0.3) is 5.91 Å². The summed E-state index contributed by atoms with van der Waals surface area (Å²) in [6, 6.07) is 19.3. The number of hydrogen-bond acceptors (Lipinski definition) is 4. The Morgan fingerprint density at radius 1 is 0.955 bits per heavy atom. The lowest BCUT2D eigenvalue weighted by molar-refractivity contribution is -0.133. The van der Waals surface area contributed by atoms with E-state index in [2.05, 4.69) is 0 Å². The average molecular weight is 331 g/mol. The van der Waals surface area contributed by atoms with Crippen molar-refractivity contribution < 1.29 is 9.53 Å². The first kappa shape index (κ1) is 15.3. The summed E-state index contributed by atoms with van der Waals surface area (Å²) in [6.45, 7) is 0. The third kappa shape index (κ3) is 2.38. The number of rotatable bonds is 5. The molecule has 5 heteroatoms. The van der Waals surface area contributed by atoms with Crippen molar-refractivity contribution in [1.29, 1.82) is 0 Å². The second-order valence-electron chi connectivity index (χ2n) is 4.86. The van der Waals surface area contributed by atoms with E-state index in [1.807, 2.05) is 78.1 Å². The van der Waals surface area contributed by atoms with E-state index in [0.29, 0.717) is 0 Å². The van der Waals surface area contributed by atoms with Gasteiger partial charge in [-0.2, -0.15) is 0 Å². The van der Waals surface area contributed by atoms with Crippen LogP contribution in [0.2, 0.25) is 0 Å². The van der Waals surface area contributed by atoms with Crippen LogP contribution in [0.3, 0.4) is 0 Å². The highest BCUT2D eigenvalue weighted by Crippen LogP contribution is 2.52. The molecule has 0 N–H and O–H groups in total. The predicted octanol–water partition coefficient (Wildman–Crippen LogP) is 3.86. The molecule has 1 amide bonds. The van der Waals surface area contributed by atoms with Gasteiger partial charge in [0.05, 0.1) is 0 Å². The van der Waals surface area contributed by atoms with Crippen molar-refractivity contribution >= 4 is 35.1 Å². The number of thioether (sulfide) groups is 2. The standard InChI is InChI=1S/C17H17NO2S2/c1-21-17(22-2)15(20-14-11-7-4-8-12-14)16(19)18(17)13-9-5-3-6-10-13/h3-12,15H,1-2H3. The molecule has 0 saturated carbocycles. The van der Waals surface area contributed by atoms with Gasteiger partial charge in [-0.3, -0.25) is 9.69 Å². The van der Waals surface area contributed by atoms with Crippen molar-refractivity contribution in [3.8, 4) is 5.75 Å². The summed E-state index contributed by atoms with van der Waals surface area (Å²) in [4.78, 5) is 14.5.